The molecule has 166 valence electrons. The van der Waals surface area contributed by atoms with Gasteiger partial charge in [0.15, 0.2) is 5.72 Å². The Kier molecular flexibility index (Phi) is 4.46. The zero-order valence-electron chi connectivity index (χ0n) is 18.1. The summed E-state index contributed by atoms with van der Waals surface area (Å²) in [5.41, 5.74) is -0.157. The number of amides is 2. The highest BCUT2D eigenvalue weighted by Gasteiger charge is 2.57. The van der Waals surface area contributed by atoms with Crippen molar-refractivity contribution < 1.29 is 19.1 Å². The molecule has 0 radical (unpaired) electrons. The number of ether oxygens (including phenoxy) is 2. The van der Waals surface area contributed by atoms with Crippen LogP contribution in [0.5, 0.6) is 11.5 Å². The molecule has 1 aromatic rings. The second-order valence-electron chi connectivity index (χ2n) is 10.1. The molecule has 4 heterocycles. The van der Waals surface area contributed by atoms with Crippen molar-refractivity contribution in [3.05, 3.63) is 23.8 Å². The van der Waals surface area contributed by atoms with Crippen LogP contribution in [0.1, 0.15) is 48.9 Å². The highest BCUT2D eigenvalue weighted by atomic mass is 16.5. The average Bonchev–Trinajstić information content (AvgIpc) is 2.79. The summed E-state index contributed by atoms with van der Waals surface area (Å²) < 4.78 is 11.8. The lowest BCUT2D eigenvalue weighted by molar-refractivity contribution is -0.148. The quantitative estimate of drug-likeness (QED) is 0.776. The van der Waals surface area contributed by atoms with E-state index in [4.69, 9.17) is 9.47 Å². The first-order chi connectivity index (χ1) is 15.0. The minimum atomic E-state index is -0.703. The zero-order valence-corrected chi connectivity index (χ0v) is 18.1. The van der Waals surface area contributed by atoms with E-state index in [2.05, 4.69) is 15.5 Å². The summed E-state index contributed by atoms with van der Waals surface area (Å²) in [6, 6.07) is 5.63. The number of methoxy groups -OCH3 is 1. The molecule has 7 nitrogen and oxygen atoms in total. The van der Waals surface area contributed by atoms with Gasteiger partial charge in [-0.05, 0) is 69.2 Å². The first-order valence-electron chi connectivity index (χ1n) is 11.8. The largest absolute Gasteiger partial charge is 0.497 e. The van der Waals surface area contributed by atoms with Gasteiger partial charge in [0.25, 0.3) is 5.91 Å². The number of carbonyl (C=O) groups excluding carboxylic acids is 2. The molecule has 3 saturated carbocycles. The fraction of sp³-hybridized carbons (Fsp3) is 0.667. The SMILES string of the molecule is COc1ccc2c(c1)O[C@@]1(C[C@H]3CC[C@@H]1C[C@@H]3C(=O)N[C@@H]1CN3CCC1CC3)NC2=O. The van der Waals surface area contributed by atoms with Crippen molar-refractivity contribution >= 4 is 11.8 Å². The summed E-state index contributed by atoms with van der Waals surface area (Å²) in [5, 5.41) is 6.59. The highest BCUT2D eigenvalue weighted by molar-refractivity contribution is 5.98. The number of carbonyl (C=O) groups is 2. The van der Waals surface area contributed by atoms with Crippen molar-refractivity contribution in [1.82, 2.24) is 15.5 Å². The van der Waals surface area contributed by atoms with Crippen LogP contribution in [0.4, 0.5) is 0 Å². The van der Waals surface area contributed by atoms with Gasteiger partial charge in [-0.25, -0.2) is 0 Å². The first kappa shape index (κ1) is 19.4. The fourth-order valence-electron chi connectivity index (χ4n) is 6.86. The van der Waals surface area contributed by atoms with Gasteiger partial charge in [0.1, 0.15) is 11.5 Å². The third-order valence-corrected chi connectivity index (χ3v) is 8.59. The van der Waals surface area contributed by atoms with Gasteiger partial charge in [0, 0.05) is 36.9 Å². The van der Waals surface area contributed by atoms with E-state index in [1.54, 1.807) is 25.3 Å². The Hall–Kier alpha value is -2.28. The van der Waals surface area contributed by atoms with E-state index in [1.165, 1.54) is 25.9 Å². The van der Waals surface area contributed by atoms with Crippen molar-refractivity contribution in [2.45, 2.75) is 50.3 Å². The predicted octanol–water partition coefficient (Wildman–Crippen LogP) is 2.16. The number of hydrogen-bond acceptors (Lipinski definition) is 5. The van der Waals surface area contributed by atoms with E-state index < -0.39 is 5.72 Å². The standard InChI is InChI=1S/C24H31N3O4/c1-30-17-4-5-18-21(11-17)31-24(26-23(18)29)12-15-2-3-16(24)10-19(15)22(28)25-20-13-27-8-6-14(20)7-9-27/h4-5,11,14-16,19-20H,2-3,6-10,12-13H2,1H3,(H,25,28)(H,26,29)/t15-,16-,19+,20-,24-/m1/s1. The Morgan fingerprint density at radius 3 is 2.74 bits per heavy atom. The number of fused-ring (bicyclic) bond motifs is 6. The molecule has 6 fully saturated rings. The number of piperidine rings is 3. The molecule has 5 atom stereocenters. The van der Waals surface area contributed by atoms with E-state index in [9.17, 15) is 9.59 Å². The van der Waals surface area contributed by atoms with Crippen LogP contribution in [-0.2, 0) is 4.79 Å². The molecule has 3 aliphatic carbocycles. The lowest BCUT2D eigenvalue weighted by Crippen LogP contribution is -2.67. The Bertz CT molecular complexity index is 912. The summed E-state index contributed by atoms with van der Waals surface area (Å²) in [6.07, 6.45) is 5.87. The number of hydrogen-bond donors (Lipinski definition) is 2. The van der Waals surface area contributed by atoms with Crippen LogP contribution in [0.15, 0.2) is 18.2 Å². The lowest BCUT2D eigenvalue weighted by atomic mass is 9.59. The Labute approximate surface area is 182 Å². The average molecular weight is 426 g/mol. The van der Waals surface area contributed by atoms with Crippen LogP contribution in [0.2, 0.25) is 0 Å². The Morgan fingerprint density at radius 2 is 2.06 bits per heavy atom. The maximum absolute atomic E-state index is 13.3. The van der Waals surface area contributed by atoms with E-state index >= 15 is 0 Å². The Morgan fingerprint density at radius 1 is 1.23 bits per heavy atom. The van der Waals surface area contributed by atoms with Gasteiger partial charge in [-0.15, -0.1) is 0 Å². The molecular formula is C24H31N3O4. The van der Waals surface area contributed by atoms with Crippen LogP contribution in [0.25, 0.3) is 0 Å². The monoisotopic (exact) mass is 425 g/mol. The van der Waals surface area contributed by atoms with Crippen LogP contribution < -0.4 is 20.1 Å². The van der Waals surface area contributed by atoms with Gasteiger partial charge in [0.05, 0.1) is 12.7 Å². The van der Waals surface area contributed by atoms with Gasteiger partial charge in [-0.2, -0.15) is 0 Å². The van der Waals surface area contributed by atoms with Crippen LogP contribution in [0.3, 0.4) is 0 Å². The second kappa shape index (κ2) is 7.12. The van der Waals surface area contributed by atoms with E-state index in [0.717, 1.165) is 25.8 Å². The third-order valence-electron chi connectivity index (χ3n) is 8.59. The van der Waals surface area contributed by atoms with Gasteiger partial charge >= 0.3 is 0 Å². The molecular weight excluding hydrogens is 394 g/mol. The van der Waals surface area contributed by atoms with E-state index in [-0.39, 0.29) is 29.6 Å². The van der Waals surface area contributed by atoms with Crippen molar-refractivity contribution in [3.63, 3.8) is 0 Å². The van der Waals surface area contributed by atoms with Crippen molar-refractivity contribution in [2.24, 2.45) is 23.7 Å². The van der Waals surface area contributed by atoms with Gasteiger partial charge in [-0.1, -0.05) is 0 Å². The van der Waals surface area contributed by atoms with Gasteiger partial charge in [0.2, 0.25) is 5.91 Å². The molecule has 0 aromatic heterocycles. The lowest BCUT2D eigenvalue weighted by Gasteiger charge is -2.55. The molecule has 4 aliphatic heterocycles. The maximum atomic E-state index is 13.3. The molecule has 4 bridgehead atoms. The third kappa shape index (κ3) is 3.12. The number of rotatable bonds is 3. The van der Waals surface area contributed by atoms with Crippen LogP contribution >= 0.6 is 0 Å². The summed E-state index contributed by atoms with van der Waals surface area (Å²) in [7, 11) is 1.61. The molecule has 8 rings (SSSR count). The maximum Gasteiger partial charge on any atom is 0.258 e. The topological polar surface area (TPSA) is 79.9 Å². The van der Waals surface area contributed by atoms with Crippen LogP contribution in [0, 0.1) is 23.7 Å². The summed E-state index contributed by atoms with van der Waals surface area (Å²) in [4.78, 5) is 28.6. The van der Waals surface area contributed by atoms with Crippen LogP contribution in [-0.4, -0.2) is 55.2 Å². The van der Waals surface area contributed by atoms with Crippen molar-refractivity contribution in [2.75, 3.05) is 26.7 Å². The second-order valence-corrected chi connectivity index (χ2v) is 10.1. The van der Waals surface area contributed by atoms with E-state index in [1.807, 2.05) is 0 Å². The minimum absolute atomic E-state index is 0.0204. The zero-order chi connectivity index (χ0) is 21.2. The van der Waals surface area contributed by atoms with Crippen molar-refractivity contribution in [3.8, 4) is 11.5 Å². The normalized spacial score (nSPS) is 40.1. The van der Waals surface area contributed by atoms with E-state index in [0.29, 0.717) is 35.4 Å². The first-order valence-corrected chi connectivity index (χ1v) is 11.8. The predicted molar refractivity (Wildman–Crippen MR) is 114 cm³/mol. The van der Waals surface area contributed by atoms with Crippen molar-refractivity contribution in [1.29, 1.82) is 0 Å². The Balaban J connectivity index is 1.19. The number of nitrogens with one attached hydrogen (secondary N) is 2. The summed E-state index contributed by atoms with van der Waals surface area (Å²) in [5.74, 6) is 2.42. The molecule has 1 aromatic carbocycles. The highest BCUT2D eigenvalue weighted by Crippen LogP contribution is 2.52. The molecule has 1 spiro atoms. The molecule has 2 amide bonds. The summed E-state index contributed by atoms with van der Waals surface area (Å²) >= 11 is 0. The smallest absolute Gasteiger partial charge is 0.258 e. The number of benzene rings is 1. The molecule has 3 saturated heterocycles. The molecule has 0 unspecified atom stereocenters. The molecule has 7 heteroatoms. The fourth-order valence-corrected chi connectivity index (χ4v) is 6.86. The molecule has 31 heavy (non-hydrogen) atoms. The van der Waals surface area contributed by atoms with Gasteiger partial charge < -0.3 is 25.0 Å². The molecule has 7 aliphatic rings. The summed E-state index contributed by atoms with van der Waals surface area (Å²) in [6.45, 7) is 3.35. The molecule has 2 N–H and O–H groups in total. The number of nitrogens with zero attached hydrogens (tertiary/aromatic N) is 1. The van der Waals surface area contributed by atoms with Gasteiger partial charge in [-0.3, -0.25) is 9.59 Å². The minimum Gasteiger partial charge on any atom is -0.497 e.